The highest BCUT2D eigenvalue weighted by atomic mass is 32.1. The Morgan fingerprint density at radius 2 is 2.25 bits per heavy atom. The molecule has 4 heterocycles. The minimum atomic E-state index is -0.0791. The van der Waals surface area contributed by atoms with Gasteiger partial charge in [-0.15, -0.1) is 17.9 Å². The molecule has 0 aliphatic rings. The molecular weight excluding hydrogens is 372 g/mol. The van der Waals surface area contributed by atoms with Crippen LogP contribution in [0, 0.1) is 6.92 Å². The number of thiophene rings is 1. The van der Waals surface area contributed by atoms with Gasteiger partial charge in [-0.05, 0) is 36.6 Å². The van der Waals surface area contributed by atoms with Crippen LogP contribution in [0.3, 0.4) is 0 Å². The summed E-state index contributed by atoms with van der Waals surface area (Å²) in [6.07, 6.45) is 3.34. The van der Waals surface area contributed by atoms with Crippen molar-refractivity contribution in [2.45, 2.75) is 13.5 Å². The van der Waals surface area contributed by atoms with E-state index >= 15 is 0 Å². The molecule has 0 saturated carbocycles. The zero-order valence-corrected chi connectivity index (χ0v) is 16.6. The van der Waals surface area contributed by atoms with E-state index < -0.39 is 0 Å². The normalized spacial score (nSPS) is 11.1. The molecular formula is C21H20N4O2S. The van der Waals surface area contributed by atoms with Crippen LogP contribution in [0.1, 0.15) is 20.9 Å². The molecule has 1 amide bonds. The number of aryl methyl sites for hydroxylation is 2. The fraction of sp³-hybridized carbons (Fsp3) is 0.190. The molecule has 0 N–H and O–H groups in total. The van der Waals surface area contributed by atoms with E-state index in [0.29, 0.717) is 35.8 Å². The van der Waals surface area contributed by atoms with Crippen molar-refractivity contribution in [3.05, 3.63) is 70.8 Å². The number of rotatable bonds is 6. The Morgan fingerprint density at radius 1 is 1.39 bits per heavy atom. The Morgan fingerprint density at radius 3 is 2.93 bits per heavy atom. The second-order valence-electron chi connectivity index (χ2n) is 6.49. The van der Waals surface area contributed by atoms with Gasteiger partial charge in [0.15, 0.2) is 11.4 Å². The number of hydrogen-bond donors (Lipinski definition) is 0. The van der Waals surface area contributed by atoms with Crippen LogP contribution in [0.5, 0.6) is 0 Å². The third kappa shape index (κ3) is 3.25. The molecule has 0 bridgehead atoms. The molecule has 0 aliphatic heterocycles. The smallest absolute Gasteiger partial charge is 0.255 e. The van der Waals surface area contributed by atoms with Crippen LogP contribution in [0.25, 0.3) is 22.5 Å². The van der Waals surface area contributed by atoms with Gasteiger partial charge in [0.05, 0.1) is 29.5 Å². The lowest BCUT2D eigenvalue weighted by atomic mass is 10.1. The molecule has 142 valence electrons. The van der Waals surface area contributed by atoms with Gasteiger partial charge < -0.3 is 9.32 Å². The van der Waals surface area contributed by atoms with E-state index in [1.165, 1.54) is 0 Å². The van der Waals surface area contributed by atoms with E-state index in [9.17, 15) is 4.79 Å². The second kappa shape index (κ2) is 7.44. The molecule has 0 radical (unpaired) electrons. The number of aromatic nitrogens is 3. The first-order chi connectivity index (χ1) is 13.6. The number of carbonyl (C=O) groups excluding carboxylic acids is 1. The summed E-state index contributed by atoms with van der Waals surface area (Å²) in [4.78, 5) is 21.1. The van der Waals surface area contributed by atoms with Crippen LogP contribution < -0.4 is 0 Å². The van der Waals surface area contributed by atoms with E-state index in [2.05, 4.69) is 16.7 Å². The first kappa shape index (κ1) is 18.2. The summed E-state index contributed by atoms with van der Waals surface area (Å²) in [5.74, 6) is 0.535. The van der Waals surface area contributed by atoms with Crippen molar-refractivity contribution >= 4 is 28.3 Å². The largest absolute Gasteiger partial charge is 0.463 e. The first-order valence-electron chi connectivity index (χ1n) is 8.89. The fourth-order valence-electron chi connectivity index (χ4n) is 3.30. The third-order valence-corrected chi connectivity index (χ3v) is 5.40. The molecule has 0 spiro atoms. The fourth-order valence-corrected chi connectivity index (χ4v) is 4.02. The second-order valence-corrected chi connectivity index (χ2v) is 7.53. The highest BCUT2D eigenvalue weighted by Crippen LogP contribution is 2.28. The molecule has 7 heteroatoms. The summed E-state index contributed by atoms with van der Waals surface area (Å²) in [6, 6.07) is 9.45. The van der Waals surface area contributed by atoms with Gasteiger partial charge in [-0.3, -0.25) is 9.48 Å². The van der Waals surface area contributed by atoms with Gasteiger partial charge in [0, 0.05) is 18.5 Å². The summed E-state index contributed by atoms with van der Waals surface area (Å²) in [5, 5.41) is 7.25. The Labute approximate surface area is 166 Å². The van der Waals surface area contributed by atoms with Gasteiger partial charge in [0.25, 0.3) is 5.91 Å². The molecule has 4 aromatic rings. The highest BCUT2D eigenvalue weighted by molar-refractivity contribution is 7.09. The van der Waals surface area contributed by atoms with Gasteiger partial charge in [0.1, 0.15) is 5.69 Å². The molecule has 4 rings (SSSR count). The number of nitrogens with zero attached hydrogens (tertiary/aromatic N) is 4. The number of pyridine rings is 1. The van der Waals surface area contributed by atoms with Crippen molar-refractivity contribution in [1.82, 2.24) is 19.7 Å². The van der Waals surface area contributed by atoms with Gasteiger partial charge in [-0.25, -0.2) is 4.98 Å². The van der Waals surface area contributed by atoms with Gasteiger partial charge >= 0.3 is 0 Å². The standard InChI is InChI=1S/C21H20N4O2S/c1-4-9-25(13-15-7-6-11-28-15)21(26)16-12-17(18-8-5-10-27-18)22-20-19(16)14(2)23-24(20)3/h4-8,10-12H,1,9,13H2,2-3H3. The van der Waals surface area contributed by atoms with Crippen LogP contribution in [-0.2, 0) is 13.6 Å². The lowest BCUT2D eigenvalue weighted by Crippen LogP contribution is -2.30. The van der Waals surface area contributed by atoms with E-state index in [0.717, 1.165) is 16.0 Å². The molecule has 6 nitrogen and oxygen atoms in total. The maximum absolute atomic E-state index is 13.5. The Kier molecular flexibility index (Phi) is 4.83. The molecule has 0 saturated heterocycles. The van der Waals surface area contributed by atoms with Crippen molar-refractivity contribution in [3.63, 3.8) is 0 Å². The molecule has 4 aromatic heterocycles. The van der Waals surface area contributed by atoms with E-state index in [1.54, 1.807) is 45.4 Å². The number of hydrogen-bond acceptors (Lipinski definition) is 5. The van der Waals surface area contributed by atoms with Crippen molar-refractivity contribution < 1.29 is 9.21 Å². The third-order valence-electron chi connectivity index (χ3n) is 4.54. The van der Waals surface area contributed by atoms with E-state index in [4.69, 9.17) is 4.42 Å². The molecule has 0 atom stereocenters. The molecule has 28 heavy (non-hydrogen) atoms. The predicted octanol–water partition coefficient (Wildman–Crippen LogP) is 4.43. The van der Waals surface area contributed by atoms with Crippen molar-refractivity contribution in [2.75, 3.05) is 6.54 Å². The molecule has 0 fully saturated rings. The number of furan rings is 1. The quantitative estimate of drug-likeness (QED) is 0.456. The van der Waals surface area contributed by atoms with E-state index in [1.807, 2.05) is 37.6 Å². The van der Waals surface area contributed by atoms with Crippen molar-refractivity contribution in [2.24, 2.45) is 7.05 Å². The summed E-state index contributed by atoms with van der Waals surface area (Å²) in [7, 11) is 1.83. The molecule has 0 aromatic carbocycles. The highest BCUT2D eigenvalue weighted by Gasteiger charge is 2.23. The van der Waals surface area contributed by atoms with Crippen LogP contribution in [0.4, 0.5) is 0 Å². The van der Waals surface area contributed by atoms with Crippen molar-refractivity contribution in [3.8, 4) is 11.5 Å². The Hall–Kier alpha value is -3.19. The maximum atomic E-state index is 13.5. The lowest BCUT2D eigenvalue weighted by Gasteiger charge is -2.21. The topological polar surface area (TPSA) is 64.2 Å². The van der Waals surface area contributed by atoms with Gasteiger partial charge in [-0.2, -0.15) is 5.10 Å². The average molecular weight is 392 g/mol. The number of amides is 1. The van der Waals surface area contributed by atoms with Crippen LogP contribution in [-0.4, -0.2) is 32.1 Å². The van der Waals surface area contributed by atoms with Crippen molar-refractivity contribution in [1.29, 1.82) is 0 Å². The SMILES string of the molecule is C=CCN(Cc1cccs1)C(=O)c1cc(-c2ccco2)nc2c1c(C)nn2C. The summed E-state index contributed by atoms with van der Waals surface area (Å²) < 4.78 is 7.21. The van der Waals surface area contributed by atoms with Crippen LogP contribution in [0.2, 0.25) is 0 Å². The lowest BCUT2D eigenvalue weighted by molar-refractivity contribution is 0.0766. The maximum Gasteiger partial charge on any atom is 0.255 e. The van der Waals surface area contributed by atoms with Gasteiger partial charge in [0.2, 0.25) is 0 Å². The average Bonchev–Trinajstić information content (AvgIpc) is 3.43. The number of fused-ring (bicyclic) bond motifs is 1. The molecule has 0 aliphatic carbocycles. The zero-order valence-electron chi connectivity index (χ0n) is 15.8. The van der Waals surface area contributed by atoms with Crippen LogP contribution >= 0.6 is 11.3 Å². The Balaban J connectivity index is 1.85. The zero-order chi connectivity index (χ0) is 19.7. The molecule has 0 unspecified atom stereocenters. The van der Waals surface area contributed by atoms with Crippen LogP contribution in [0.15, 0.2) is 59.0 Å². The minimum Gasteiger partial charge on any atom is -0.463 e. The van der Waals surface area contributed by atoms with Gasteiger partial charge in [-0.1, -0.05) is 12.1 Å². The number of carbonyl (C=O) groups is 1. The predicted molar refractivity (Wildman–Crippen MR) is 110 cm³/mol. The summed E-state index contributed by atoms with van der Waals surface area (Å²) >= 11 is 1.63. The van der Waals surface area contributed by atoms with E-state index in [-0.39, 0.29) is 5.91 Å². The monoisotopic (exact) mass is 392 g/mol. The first-order valence-corrected chi connectivity index (χ1v) is 9.77. The summed E-state index contributed by atoms with van der Waals surface area (Å²) in [6.45, 7) is 6.69. The Bertz CT molecular complexity index is 1130. The summed E-state index contributed by atoms with van der Waals surface area (Å²) in [5.41, 5.74) is 2.61. The minimum absolute atomic E-state index is 0.0791.